The molecule has 4 heteroatoms. The Balaban J connectivity index is 2.54. The number of aromatic nitrogens is 1. The van der Waals surface area contributed by atoms with E-state index in [-0.39, 0.29) is 6.10 Å². The zero-order valence-electron chi connectivity index (χ0n) is 9.70. The molecule has 0 aliphatic rings. The van der Waals surface area contributed by atoms with Crippen molar-refractivity contribution in [3.05, 3.63) is 23.4 Å². The minimum absolute atomic E-state index is 0.275. The monoisotopic (exact) mass is 219 g/mol. The molecule has 2 N–H and O–H groups in total. The molecular weight excluding hydrogens is 202 g/mol. The summed E-state index contributed by atoms with van der Waals surface area (Å²) in [7, 11) is 0. The first-order chi connectivity index (χ1) is 7.65. The van der Waals surface area contributed by atoms with E-state index < -0.39 is 0 Å². The predicted octanol–water partition coefficient (Wildman–Crippen LogP) is 1.83. The number of hydrogen-bond donors (Lipinski definition) is 2. The first-order valence-corrected chi connectivity index (χ1v) is 5.42. The Morgan fingerprint density at radius 2 is 2.38 bits per heavy atom. The third kappa shape index (κ3) is 3.52. The van der Waals surface area contributed by atoms with Gasteiger partial charge in [0.05, 0.1) is 11.7 Å². The van der Waals surface area contributed by atoms with Crippen molar-refractivity contribution >= 4 is 5.82 Å². The predicted molar refractivity (Wildman–Crippen MR) is 63.1 cm³/mol. The summed E-state index contributed by atoms with van der Waals surface area (Å²) in [6.07, 6.45) is 3.02. The number of anilines is 1. The molecule has 0 bridgehead atoms. The van der Waals surface area contributed by atoms with Crippen LogP contribution in [0.15, 0.2) is 12.3 Å². The molecule has 0 aromatic carbocycles. The Labute approximate surface area is 95.9 Å². The van der Waals surface area contributed by atoms with Crippen LogP contribution in [0.4, 0.5) is 5.82 Å². The summed E-state index contributed by atoms with van der Waals surface area (Å²) in [6.45, 7) is 4.38. The number of nitrogens with one attached hydrogen (secondary N) is 1. The topological polar surface area (TPSA) is 68.9 Å². The summed E-state index contributed by atoms with van der Waals surface area (Å²) in [5.74, 6) is 0.632. The van der Waals surface area contributed by atoms with Gasteiger partial charge in [-0.3, -0.25) is 0 Å². The van der Waals surface area contributed by atoms with Crippen molar-refractivity contribution in [2.24, 2.45) is 0 Å². The number of hydrogen-bond acceptors (Lipinski definition) is 4. The van der Waals surface area contributed by atoms with Crippen molar-refractivity contribution in [2.45, 2.75) is 32.8 Å². The molecule has 0 saturated heterocycles. The molecule has 16 heavy (non-hydrogen) atoms. The Hall–Kier alpha value is -1.60. The van der Waals surface area contributed by atoms with E-state index in [4.69, 9.17) is 10.4 Å². The molecule has 0 aliphatic carbocycles. The first-order valence-electron chi connectivity index (χ1n) is 5.42. The van der Waals surface area contributed by atoms with Gasteiger partial charge in [-0.05, 0) is 38.3 Å². The quantitative estimate of drug-likeness (QED) is 0.741. The lowest BCUT2D eigenvalue weighted by atomic mass is 10.1. The van der Waals surface area contributed by atoms with Crippen LogP contribution >= 0.6 is 0 Å². The van der Waals surface area contributed by atoms with E-state index in [1.165, 1.54) is 0 Å². The van der Waals surface area contributed by atoms with Crippen LogP contribution in [0.2, 0.25) is 0 Å². The molecule has 1 aromatic rings. The van der Waals surface area contributed by atoms with Crippen LogP contribution in [0.1, 0.15) is 30.9 Å². The normalized spacial score (nSPS) is 11.9. The van der Waals surface area contributed by atoms with Gasteiger partial charge in [-0.1, -0.05) is 0 Å². The fourth-order valence-electron chi connectivity index (χ4n) is 1.44. The molecule has 0 saturated carbocycles. The van der Waals surface area contributed by atoms with E-state index in [1.54, 1.807) is 13.1 Å². The van der Waals surface area contributed by atoms with Gasteiger partial charge in [-0.25, -0.2) is 4.98 Å². The van der Waals surface area contributed by atoms with Gasteiger partial charge in [-0.2, -0.15) is 5.26 Å². The van der Waals surface area contributed by atoms with Crippen molar-refractivity contribution in [1.82, 2.24) is 4.98 Å². The number of nitriles is 1. The summed E-state index contributed by atoms with van der Waals surface area (Å²) >= 11 is 0. The third-order valence-electron chi connectivity index (χ3n) is 2.36. The van der Waals surface area contributed by atoms with E-state index in [0.29, 0.717) is 11.4 Å². The maximum Gasteiger partial charge on any atom is 0.144 e. The molecule has 0 amide bonds. The second-order valence-corrected chi connectivity index (χ2v) is 3.88. The van der Waals surface area contributed by atoms with Gasteiger partial charge in [-0.15, -0.1) is 0 Å². The van der Waals surface area contributed by atoms with E-state index in [1.807, 2.05) is 13.0 Å². The molecular formula is C12H17N3O. The minimum atomic E-state index is -0.275. The largest absolute Gasteiger partial charge is 0.393 e. The molecule has 0 spiro atoms. The molecule has 0 aliphatic heterocycles. The van der Waals surface area contributed by atoms with Gasteiger partial charge < -0.3 is 10.4 Å². The van der Waals surface area contributed by atoms with Crippen molar-refractivity contribution in [3.8, 4) is 6.07 Å². The minimum Gasteiger partial charge on any atom is -0.393 e. The Morgan fingerprint density at radius 1 is 1.62 bits per heavy atom. The Kier molecular flexibility index (Phi) is 4.74. The van der Waals surface area contributed by atoms with Crippen LogP contribution in [0, 0.1) is 18.3 Å². The van der Waals surface area contributed by atoms with Gasteiger partial charge >= 0.3 is 0 Å². The van der Waals surface area contributed by atoms with Gasteiger partial charge in [0.15, 0.2) is 0 Å². The highest BCUT2D eigenvalue weighted by atomic mass is 16.3. The Morgan fingerprint density at radius 3 is 3.00 bits per heavy atom. The fraction of sp³-hybridized carbons (Fsp3) is 0.500. The standard InChI is InChI=1S/C12H17N3O/c1-9-5-7-15-12(11(9)8-13)14-6-3-4-10(2)16/h5,7,10,16H,3-4,6H2,1-2H3,(H,14,15). The van der Waals surface area contributed by atoms with Crippen molar-refractivity contribution in [3.63, 3.8) is 0 Å². The average molecular weight is 219 g/mol. The highest BCUT2D eigenvalue weighted by Gasteiger charge is 2.05. The highest BCUT2D eigenvalue weighted by Crippen LogP contribution is 2.14. The fourth-order valence-corrected chi connectivity index (χ4v) is 1.44. The lowest BCUT2D eigenvalue weighted by Gasteiger charge is -2.09. The van der Waals surface area contributed by atoms with Gasteiger partial charge in [0.25, 0.3) is 0 Å². The van der Waals surface area contributed by atoms with Crippen molar-refractivity contribution < 1.29 is 5.11 Å². The molecule has 0 radical (unpaired) electrons. The second-order valence-electron chi connectivity index (χ2n) is 3.88. The van der Waals surface area contributed by atoms with Gasteiger partial charge in [0.2, 0.25) is 0 Å². The van der Waals surface area contributed by atoms with E-state index in [2.05, 4.69) is 16.4 Å². The molecule has 1 rings (SSSR count). The van der Waals surface area contributed by atoms with Crippen molar-refractivity contribution in [2.75, 3.05) is 11.9 Å². The van der Waals surface area contributed by atoms with Crippen LogP contribution < -0.4 is 5.32 Å². The zero-order chi connectivity index (χ0) is 12.0. The van der Waals surface area contributed by atoms with E-state index in [9.17, 15) is 0 Å². The zero-order valence-corrected chi connectivity index (χ0v) is 9.70. The first kappa shape index (κ1) is 12.5. The van der Waals surface area contributed by atoms with Crippen LogP contribution in [0.5, 0.6) is 0 Å². The number of rotatable bonds is 5. The number of aliphatic hydroxyl groups is 1. The highest BCUT2D eigenvalue weighted by molar-refractivity contribution is 5.55. The summed E-state index contributed by atoms with van der Waals surface area (Å²) in [4.78, 5) is 4.13. The summed E-state index contributed by atoms with van der Waals surface area (Å²) in [5.41, 5.74) is 1.52. The van der Waals surface area contributed by atoms with Crippen LogP contribution in [0.3, 0.4) is 0 Å². The van der Waals surface area contributed by atoms with E-state index >= 15 is 0 Å². The molecule has 1 aromatic heterocycles. The number of aryl methyl sites for hydroxylation is 1. The average Bonchev–Trinajstić information content (AvgIpc) is 2.24. The Bertz CT molecular complexity index is 382. The number of pyridine rings is 1. The molecule has 1 unspecified atom stereocenters. The van der Waals surface area contributed by atoms with Gasteiger partial charge in [0.1, 0.15) is 11.9 Å². The van der Waals surface area contributed by atoms with Crippen molar-refractivity contribution in [1.29, 1.82) is 5.26 Å². The molecule has 4 nitrogen and oxygen atoms in total. The molecule has 1 heterocycles. The van der Waals surface area contributed by atoms with Crippen LogP contribution in [-0.4, -0.2) is 22.7 Å². The molecule has 86 valence electrons. The number of nitrogens with zero attached hydrogens (tertiary/aromatic N) is 2. The maximum atomic E-state index is 9.10. The summed E-state index contributed by atoms with van der Waals surface area (Å²) in [6, 6.07) is 3.96. The van der Waals surface area contributed by atoms with Gasteiger partial charge in [0, 0.05) is 12.7 Å². The maximum absolute atomic E-state index is 9.10. The SMILES string of the molecule is Cc1ccnc(NCCCC(C)O)c1C#N. The second kappa shape index (κ2) is 6.09. The van der Waals surface area contributed by atoms with Crippen LogP contribution in [0.25, 0.3) is 0 Å². The molecule has 0 fully saturated rings. The lowest BCUT2D eigenvalue weighted by Crippen LogP contribution is -2.09. The summed E-state index contributed by atoms with van der Waals surface area (Å²) < 4.78 is 0. The molecule has 1 atom stereocenters. The lowest BCUT2D eigenvalue weighted by molar-refractivity contribution is 0.183. The smallest absolute Gasteiger partial charge is 0.144 e. The van der Waals surface area contributed by atoms with E-state index in [0.717, 1.165) is 24.9 Å². The number of aliphatic hydroxyl groups excluding tert-OH is 1. The summed E-state index contributed by atoms with van der Waals surface area (Å²) in [5, 5.41) is 21.2. The third-order valence-corrected chi connectivity index (χ3v) is 2.36. The van der Waals surface area contributed by atoms with Crippen LogP contribution in [-0.2, 0) is 0 Å².